The van der Waals surface area contributed by atoms with Crippen molar-refractivity contribution in [1.29, 1.82) is 0 Å². The normalized spacial score (nSPS) is 37.1. The molecule has 1 heteroatoms. The Morgan fingerprint density at radius 3 is 1.33 bits per heavy atom. The molecule has 0 unspecified atom stereocenters. The third kappa shape index (κ3) is 1.50. The van der Waals surface area contributed by atoms with Crippen LogP contribution in [0.2, 0.25) is 11.6 Å². The first-order chi connectivity index (χ1) is 4.45. The van der Waals surface area contributed by atoms with Gasteiger partial charge in [0.05, 0.1) is 0 Å². The van der Waals surface area contributed by atoms with Crippen molar-refractivity contribution in [3.8, 4) is 0 Å². The van der Waals surface area contributed by atoms with Crippen molar-refractivity contribution in [3.05, 3.63) is 0 Å². The zero-order valence-electron chi connectivity index (χ0n) is 6.56. The van der Waals surface area contributed by atoms with E-state index in [1.165, 1.54) is 25.7 Å². The van der Waals surface area contributed by atoms with E-state index in [1.54, 1.807) is 0 Å². The molecule has 9 heavy (non-hydrogen) atoms. The number of hydrogen-bond donors (Lipinski definition) is 0. The van der Waals surface area contributed by atoms with Crippen LogP contribution in [0.4, 0.5) is 0 Å². The molecule has 0 amide bonds. The van der Waals surface area contributed by atoms with Gasteiger partial charge in [-0.3, -0.25) is 0 Å². The lowest BCUT2D eigenvalue weighted by Gasteiger charge is -2.06. The summed E-state index contributed by atoms with van der Waals surface area (Å²) in [5, 5.41) is 0. The summed E-state index contributed by atoms with van der Waals surface area (Å²) in [6.07, 6.45) is 6.02. The fraction of sp³-hybridized carbons (Fsp3) is 1.00. The standard InChI is InChI=1S/C6H10B.C2H6/c1-2-6-4-3-5(1)7-6;1-2/h5-6H,1-4H2;1-2H3. The highest BCUT2D eigenvalue weighted by atomic mass is 14.2. The van der Waals surface area contributed by atoms with E-state index in [2.05, 4.69) is 7.28 Å². The average molecular weight is 123 g/mol. The first kappa shape index (κ1) is 7.18. The van der Waals surface area contributed by atoms with Gasteiger partial charge in [-0.05, 0) is 0 Å². The van der Waals surface area contributed by atoms with Crippen LogP contribution in [0.3, 0.4) is 0 Å². The van der Waals surface area contributed by atoms with Crippen LogP contribution in [0.25, 0.3) is 0 Å². The molecule has 2 saturated heterocycles. The van der Waals surface area contributed by atoms with E-state index in [-0.39, 0.29) is 0 Å². The van der Waals surface area contributed by atoms with Crippen LogP contribution in [-0.4, -0.2) is 7.28 Å². The van der Waals surface area contributed by atoms with Crippen molar-refractivity contribution >= 4 is 7.28 Å². The quantitative estimate of drug-likeness (QED) is 0.434. The summed E-state index contributed by atoms with van der Waals surface area (Å²) in [5.74, 6) is 2.09. The highest BCUT2D eigenvalue weighted by Crippen LogP contribution is 2.45. The molecular weight excluding hydrogens is 107 g/mol. The molecule has 0 N–H and O–H groups in total. The fourth-order valence-electron chi connectivity index (χ4n) is 1.91. The van der Waals surface area contributed by atoms with E-state index in [0.717, 1.165) is 11.6 Å². The first-order valence-corrected chi connectivity index (χ1v) is 4.30. The molecule has 0 nitrogen and oxygen atoms in total. The molecule has 2 rings (SSSR count). The van der Waals surface area contributed by atoms with Gasteiger partial charge in [-0.2, -0.15) is 0 Å². The summed E-state index contributed by atoms with van der Waals surface area (Å²) in [6.45, 7) is 4.00. The van der Waals surface area contributed by atoms with Crippen molar-refractivity contribution in [2.75, 3.05) is 0 Å². The van der Waals surface area contributed by atoms with Crippen LogP contribution >= 0.6 is 0 Å². The maximum absolute atomic E-state index is 2.56. The van der Waals surface area contributed by atoms with Crippen LogP contribution in [-0.2, 0) is 0 Å². The van der Waals surface area contributed by atoms with Gasteiger partial charge >= 0.3 is 0 Å². The van der Waals surface area contributed by atoms with Crippen LogP contribution in [0.1, 0.15) is 39.5 Å². The largest absolute Gasteiger partial charge is 0.117 e. The molecule has 0 spiro atoms. The zero-order valence-corrected chi connectivity index (χ0v) is 6.56. The van der Waals surface area contributed by atoms with E-state index in [1.807, 2.05) is 13.8 Å². The zero-order chi connectivity index (χ0) is 6.69. The second-order valence-electron chi connectivity index (χ2n) is 2.87. The molecule has 0 aliphatic carbocycles. The molecule has 2 heterocycles. The van der Waals surface area contributed by atoms with Crippen molar-refractivity contribution in [2.24, 2.45) is 0 Å². The average Bonchev–Trinajstić information content (AvgIpc) is 2.53. The van der Waals surface area contributed by atoms with Gasteiger partial charge in [0.15, 0.2) is 0 Å². The summed E-state index contributed by atoms with van der Waals surface area (Å²) >= 11 is 0. The molecule has 2 aliphatic heterocycles. The fourth-order valence-corrected chi connectivity index (χ4v) is 1.91. The minimum atomic E-state index is 1.05. The van der Waals surface area contributed by atoms with Crippen LogP contribution in [0.15, 0.2) is 0 Å². The Balaban J connectivity index is 0.000000186. The molecule has 2 bridgehead atoms. The molecule has 2 aliphatic rings. The van der Waals surface area contributed by atoms with Gasteiger partial charge in [0, 0.05) is 0 Å². The van der Waals surface area contributed by atoms with Crippen molar-refractivity contribution in [3.63, 3.8) is 0 Å². The lowest BCUT2D eigenvalue weighted by atomic mass is 9.67. The van der Waals surface area contributed by atoms with Crippen LogP contribution in [0, 0.1) is 0 Å². The van der Waals surface area contributed by atoms with E-state index >= 15 is 0 Å². The summed E-state index contributed by atoms with van der Waals surface area (Å²) in [5.41, 5.74) is 0. The molecule has 0 aromatic rings. The number of hydrogen-bond acceptors (Lipinski definition) is 0. The predicted molar refractivity (Wildman–Crippen MR) is 43.1 cm³/mol. The van der Waals surface area contributed by atoms with Crippen molar-refractivity contribution in [1.82, 2.24) is 0 Å². The minimum absolute atomic E-state index is 1.05. The third-order valence-electron chi connectivity index (χ3n) is 2.36. The SMILES string of the molecule is CC.[B]1C2CCC1CC2. The van der Waals surface area contributed by atoms with Gasteiger partial charge in [-0.1, -0.05) is 51.2 Å². The number of rotatable bonds is 0. The smallest absolute Gasteiger partial charge is 0.0686 e. The highest BCUT2D eigenvalue weighted by molar-refractivity contribution is 6.41. The lowest BCUT2D eigenvalue weighted by molar-refractivity contribution is 0.565. The van der Waals surface area contributed by atoms with Crippen molar-refractivity contribution in [2.45, 2.75) is 51.2 Å². The van der Waals surface area contributed by atoms with E-state index in [9.17, 15) is 0 Å². The second kappa shape index (κ2) is 3.29. The monoisotopic (exact) mass is 123 g/mol. The first-order valence-electron chi connectivity index (χ1n) is 4.30. The van der Waals surface area contributed by atoms with Gasteiger partial charge in [0.1, 0.15) is 7.28 Å². The lowest BCUT2D eigenvalue weighted by Crippen LogP contribution is -1.83. The topological polar surface area (TPSA) is 0 Å². The summed E-state index contributed by atoms with van der Waals surface area (Å²) in [7, 11) is 2.56. The van der Waals surface area contributed by atoms with Crippen LogP contribution in [0.5, 0.6) is 0 Å². The molecule has 0 saturated carbocycles. The Hall–Kier alpha value is 0.0649. The molecule has 0 aromatic heterocycles. The molecule has 1 radical (unpaired) electrons. The Bertz CT molecular complexity index is 62.6. The van der Waals surface area contributed by atoms with Crippen LogP contribution < -0.4 is 0 Å². The Morgan fingerprint density at radius 1 is 0.889 bits per heavy atom. The summed E-state index contributed by atoms with van der Waals surface area (Å²) in [4.78, 5) is 0. The molecule has 2 fully saturated rings. The molecule has 0 aromatic carbocycles. The van der Waals surface area contributed by atoms with Gasteiger partial charge in [0.2, 0.25) is 0 Å². The maximum atomic E-state index is 2.56. The van der Waals surface area contributed by atoms with E-state index in [0.29, 0.717) is 0 Å². The predicted octanol–water partition coefficient (Wildman–Crippen LogP) is 2.88. The Morgan fingerprint density at radius 2 is 1.22 bits per heavy atom. The second-order valence-corrected chi connectivity index (χ2v) is 2.87. The van der Waals surface area contributed by atoms with Gasteiger partial charge in [0.25, 0.3) is 0 Å². The van der Waals surface area contributed by atoms with Gasteiger partial charge in [-0.15, -0.1) is 0 Å². The third-order valence-corrected chi connectivity index (χ3v) is 2.36. The number of fused-ring (bicyclic) bond motifs is 2. The van der Waals surface area contributed by atoms with Gasteiger partial charge in [-0.25, -0.2) is 0 Å². The molecule has 0 atom stereocenters. The Kier molecular flexibility index (Phi) is 2.62. The minimum Gasteiger partial charge on any atom is -0.0686 e. The van der Waals surface area contributed by atoms with E-state index in [4.69, 9.17) is 0 Å². The summed E-state index contributed by atoms with van der Waals surface area (Å²) < 4.78 is 0. The highest BCUT2D eigenvalue weighted by Gasteiger charge is 2.31. The Labute approximate surface area is 59.3 Å². The van der Waals surface area contributed by atoms with E-state index < -0.39 is 0 Å². The molecular formula is C8H16B. The summed E-state index contributed by atoms with van der Waals surface area (Å²) in [6, 6.07) is 0. The van der Waals surface area contributed by atoms with Gasteiger partial charge < -0.3 is 0 Å². The van der Waals surface area contributed by atoms with Crippen molar-refractivity contribution < 1.29 is 0 Å². The maximum Gasteiger partial charge on any atom is 0.117 e. The molecule has 51 valence electrons.